The Balaban J connectivity index is 1.48. The molecule has 2 fully saturated rings. The van der Waals surface area contributed by atoms with Crippen molar-refractivity contribution in [2.75, 3.05) is 34.7 Å². The van der Waals surface area contributed by atoms with E-state index in [0.717, 1.165) is 55.8 Å². The Morgan fingerprint density at radius 2 is 1.78 bits per heavy atom. The van der Waals surface area contributed by atoms with Crippen LogP contribution in [-0.2, 0) is 14.3 Å². The predicted molar refractivity (Wildman–Crippen MR) is 159 cm³/mol. The lowest BCUT2D eigenvalue weighted by molar-refractivity contribution is -0.148. The smallest absolute Gasteiger partial charge is 0.331 e. The van der Waals surface area contributed by atoms with E-state index in [1.54, 1.807) is 27.4 Å². The van der Waals surface area contributed by atoms with Crippen molar-refractivity contribution < 1.29 is 28.5 Å². The molecule has 0 unspecified atom stereocenters. The molecule has 0 spiro atoms. The molecule has 9 heteroatoms. The number of hydrogen-bond donors (Lipinski definition) is 0. The summed E-state index contributed by atoms with van der Waals surface area (Å²) in [4.78, 5) is 15.4. The number of carbonyl (C=O) groups excluding carboxylic acids is 1. The molecule has 0 N–H and O–H groups in total. The molecular formula is C28H33I2NO6. The van der Waals surface area contributed by atoms with Gasteiger partial charge in [-0.3, -0.25) is 4.90 Å². The van der Waals surface area contributed by atoms with Gasteiger partial charge in [-0.05, 0) is 106 Å². The minimum Gasteiger partial charge on any atom is -0.493 e. The first-order valence-electron chi connectivity index (χ1n) is 12.4. The lowest BCUT2D eigenvalue weighted by Gasteiger charge is -2.47. The maximum absolute atomic E-state index is 12.8. The third kappa shape index (κ3) is 7.10. The predicted octanol–water partition coefficient (Wildman–Crippen LogP) is 6.21. The average Bonchev–Trinajstić information content (AvgIpc) is 2.90. The van der Waals surface area contributed by atoms with Crippen LogP contribution >= 0.6 is 45.2 Å². The Morgan fingerprint density at radius 1 is 1.00 bits per heavy atom. The van der Waals surface area contributed by atoms with Crippen LogP contribution in [0.1, 0.15) is 49.3 Å². The molecule has 2 saturated heterocycles. The zero-order valence-corrected chi connectivity index (χ0v) is 25.7. The topological polar surface area (TPSA) is 66.5 Å². The number of hydrogen-bond acceptors (Lipinski definition) is 7. The first-order valence-corrected chi connectivity index (χ1v) is 14.6. The number of esters is 1. The van der Waals surface area contributed by atoms with E-state index < -0.39 is 0 Å². The maximum Gasteiger partial charge on any atom is 0.331 e. The first kappa shape index (κ1) is 28.4. The van der Waals surface area contributed by atoms with Crippen molar-refractivity contribution in [3.63, 3.8) is 0 Å². The van der Waals surface area contributed by atoms with Crippen molar-refractivity contribution in [2.45, 2.75) is 50.3 Å². The van der Waals surface area contributed by atoms with Crippen LogP contribution in [0.25, 0.3) is 6.08 Å². The van der Waals surface area contributed by atoms with Gasteiger partial charge in [0.15, 0.2) is 18.3 Å². The van der Waals surface area contributed by atoms with Gasteiger partial charge in [-0.1, -0.05) is 12.5 Å². The van der Waals surface area contributed by atoms with Crippen molar-refractivity contribution >= 4 is 57.2 Å². The Morgan fingerprint density at radius 3 is 2.51 bits per heavy atom. The Labute approximate surface area is 246 Å². The summed E-state index contributed by atoms with van der Waals surface area (Å²) in [5, 5.41) is 0. The summed E-state index contributed by atoms with van der Waals surface area (Å²) < 4.78 is 29.7. The van der Waals surface area contributed by atoms with Crippen LogP contribution in [0.2, 0.25) is 0 Å². The summed E-state index contributed by atoms with van der Waals surface area (Å²) in [5.74, 6) is 1.88. The Hall–Kier alpha value is -1.57. The van der Waals surface area contributed by atoms with Crippen LogP contribution in [0.5, 0.6) is 17.2 Å². The molecule has 0 amide bonds. The summed E-state index contributed by atoms with van der Waals surface area (Å²) in [7, 11) is 4.91. The molecule has 2 aliphatic rings. The zero-order chi connectivity index (χ0) is 26.4. The minimum atomic E-state index is -0.315. The number of rotatable bonds is 9. The van der Waals surface area contributed by atoms with E-state index in [-0.39, 0.29) is 24.9 Å². The minimum absolute atomic E-state index is 0.143. The van der Waals surface area contributed by atoms with E-state index in [2.05, 4.69) is 56.1 Å². The van der Waals surface area contributed by atoms with Crippen molar-refractivity contribution in [3.05, 3.63) is 54.7 Å². The van der Waals surface area contributed by atoms with Crippen molar-refractivity contribution in [1.29, 1.82) is 0 Å². The molecule has 4 rings (SSSR count). The third-order valence-electron chi connectivity index (χ3n) is 6.94. The Bertz CT molecular complexity index is 1120. The third-order valence-corrected chi connectivity index (χ3v) is 8.72. The summed E-state index contributed by atoms with van der Waals surface area (Å²) in [6.07, 6.45) is 8.31. The van der Waals surface area contributed by atoms with Crippen LogP contribution in [-0.4, -0.2) is 57.7 Å². The number of ether oxygens (including phenoxy) is 5. The van der Waals surface area contributed by atoms with Crippen LogP contribution in [0, 0.1) is 7.14 Å². The summed E-state index contributed by atoms with van der Waals surface area (Å²) in [5.41, 5.74) is 2.11. The quantitative estimate of drug-likeness (QED) is 0.132. The van der Waals surface area contributed by atoms with Gasteiger partial charge in [0.1, 0.15) is 11.9 Å². The summed E-state index contributed by atoms with van der Waals surface area (Å²) in [6, 6.07) is 10.4. The highest BCUT2D eigenvalue weighted by molar-refractivity contribution is 14.1. The number of fused-ring (bicyclic) bond motifs is 1. The van der Waals surface area contributed by atoms with Crippen LogP contribution in [0.15, 0.2) is 36.4 Å². The van der Waals surface area contributed by atoms with Gasteiger partial charge in [0, 0.05) is 41.7 Å². The Kier molecular flexibility index (Phi) is 10.4. The molecule has 2 aromatic rings. The normalized spacial score (nSPS) is 21.9. The van der Waals surface area contributed by atoms with E-state index in [4.69, 9.17) is 23.7 Å². The molecule has 0 bridgehead atoms. The van der Waals surface area contributed by atoms with Gasteiger partial charge < -0.3 is 23.7 Å². The highest BCUT2D eigenvalue weighted by atomic mass is 127. The lowest BCUT2D eigenvalue weighted by Crippen LogP contribution is -2.49. The molecule has 7 nitrogen and oxygen atoms in total. The van der Waals surface area contributed by atoms with Crippen LogP contribution in [0.3, 0.4) is 0 Å². The number of halogens is 2. The van der Waals surface area contributed by atoms with Gasteiger partial charge in [0.05, 0.1) is 17.8 Å². The van der Waals surface area contributed by atoms with Gasteiger partial charge >= 0.3 is 5.97 Å². The van der Waals surface area contributed by atoms with E-state index in [1.165, 1.54) is 24.5 Å². The molecular weight excluding hydrogens is 700 g/mol. The van der Waals surface area contributed by atoms with Crippen LogP contribution in [0.4, 0.5) is 0 Å². The number of benzene rings is 2. The number of piperidine rings is 2. The van der Waals surface area contributed by atoms with Gasteiger partial charge in [-0.25, -0.2) is 4.79 Å². The van der Waals surface area contributed by atoms with Gasteiger partial charge in [0.25, 0.3) is 0 Å². The molecule has 0 saturated carbocycles. The van der Waals surface area contributed by atoms with Gasteiger partial charge in [-0.15, -0.1) is 0 Å². The molecule has 0 radical (unpaired) electrons. The van der Waals surface area contributed by atoms with Crippen molar-refractivity contribution in [2.24, 2.45) is 0 Å². The molecule has 200 valence electrons. The molecule has 37 heavy (non-hydrogen) atoms. The highest BCUT2D eigenvalue weighted by Gasteiger charge is 2.40. The maximum atomic E-state index is 12.8. The fourth-order valence-electron chi connectivity index (χ4n) is 5.23. The van der Waals surface area contributed by atoms with Crippen molar-refractivity contribution in [1.82, 2.24) is 4.90 Å². The summed E-state index contributed by atoms with van der Waals surface area (Å²) >= 11 is 4.59. The van der Waals surface area contributed by atoms with E-state index >= 15 is 0 Å². The molecule has 2 aliphatic heterocycles. The van der Waals surface area contributed by atoms with E-state index in [1.807, 2.05) is 24.3 Å². The zero-order valence-electron chi connectivity index (χ0n) is 21.4. The van der Waals surface area contributed by atoms with Gasteiger partial charge in [0.2, 0.25) is 0 Å². The number of nitrogens with zero attached hydrogens (tertiary/aromatic N) is 1. The fraction of sp³-hybridized carbons (Fsp3) is 0.464. The second-order valence-electron chi connectivity index (χ2n) is 9.24. The summed E-state index contributed by atoms with van der Waals surface area (Å²) in [6.45, 7) is 1.25. The average molecular weight is 733 g/mol. The van der Waals surface area contributed by atoms with Gasteiger partial charge in [-0.2, -0.15) is 0 Å². The first-order chi connectivity index (χ1) is 17.9. The molecule has 2 heterocycles. The SMILES string of the molecule is COCOc1ccc(/C=C\C(=O)O[C@H]2C[C@H]3CCCCN3[C@H](c3cc(OC)c(OC)cc3I)C2)cc1I. The molecule has 3 atom stereocenters. The monoisotopic (exact) mass is 733 g/mol. The lowest BCUT2D eigenvalue weighted by atomic mass is 9.84. The van der Waals surface area contributed by atoms with E-state index in [9.17, 15) is 4.79 Å². The number of carbonyl (C=O) groups is 1. The van der Waals surface area contributed by atoms with Crippen LogP contribution < -0.4 is 14.2 Å². The standard InChI is InChI=1S/C28H33I2NO6/c1-33-17-36-25-9-7-18(12-23(25)30)8-10-28(32)37-20-13-19-6-4-5-11-31(19)24(14-20)21-15-26(34-2)27(35-3)16-22(21)29/h7-10,12,15-16,19-20,24H,4-6,11,13-14,17H2,1-3H3/b10-8-/t19-,20+,24+/m1/s1. The van der Waals surface area contributed by atoms with E-state index in [0.29, 0.717) is 6.04 Å². The van der Waals surface area contributed by atoms with Crippen molar-refractivity contribution in [3.8, 4) is 17.2 Å². The fourth-order valence-corrected chi connectivity index (χ4v) is 6.72. The molecule has 2 aromatic carbocycles. The second-order valence-corrected chi connectivity index (χ2v) is 11.6. The molecule has 0 aliphatic carbocycles. The molecule has 0 aromatic heterocycles. The number of methoxy groups -OCH3 is 3. The largest absolute Gasteiger partial charge is 0.493 e. The second kappa shape index (κ2) is 13.5. The highest BCUT2D eigenvalue weighted by Crippen LogP contribution is 2.43.